The first-order valence-corrected chi connectivity index (χ1v) is 9.11. The molecule has 0 atom stereocenters. The van der Waals surface area contributed by atoms with Crippen molar-refractivity contribution in [1.29, 1.82) is 0 Å². The molecule has 0 aliphatic carbocycles. The average molecular weight is 245 g/mol. The van der Waals surface area contributed by atoms with E-state index in [-0.39, 0.29) is 0 Å². The molecule has 0 radical (unpaired) electrons. The van der Waals surface area contributed by atoms with E-state index < -0.39 is 6.94 Å². The molecule has 3 heteroatoms. The Kier molecular flexibility index (Phi) is 3.49. The first-order valence-electron chi connectivity index (χ1n) is 3.95. The van der Waals surface area contributed by atoms with Gasteiger partial charge in [-0.05, 0) is 18.7 Å². The fourth-order valence-electron chi connectivity index (χ4n) is 0.829. The zero-order valence-electron chi connectivity index (χ0n) is 7.38. The number of hydrogen-bond donors (Lipinski definition) is 0. The highest BCUT2D eigenvalue weighted by atomic mass is 79.9. The molecule has 0 aliphatic rings. The summed E-state index contributed by atoms with van der Waals surface area (Å²) >= 11 is 3.55. The lowest BCUT2D eigenvalue weighted by Crippen LogP contribution is -2.20. The molecule has 0 N–H and O–H groups in total. The standard InChI is InChI=1S/C9H13BrOSi/c1-12(2,10)11-8-9-6-4-3-5-7-9/h3-7H,8H2,1-2H3. The minimum Gasteiger partial charge on any atom is -0.402 e. The molecule has 1 rings (SSSR count). The highest BCUT2D eigenvalue weighted by Crippen LogP contribution is 2.14. The predicted molar refractivity (Wildman–Crippen MR) is 57.6 cm³/mol. The van der Waals surface area contributed by atoms with Crippen molar-refractivity contribution in [1.82, 2.24) is 0 Å². The molecule has 0 unspecified atom stereocenters. The molecule has 0 saturated heterocycles. The van der Waals surface area contributed by atoms with E-state index in [1.54, 1.807) is 0 Å². The maximum Gasteiger partial charge on any atom is 0.257 e. The topological polar surface area (TPSA) is 9.23 Å². The van der Waals surface area contributed by atoms with Crippen LogP contribution in [0.25, 0.3) is 0 Å². The molecule has 1 aromatic carbocycles. The number of halogens is 1. The normalized spacial score (nSPS) is 11.6. The Bertz CT molecular complexity index is 230. The van der Waals surface area contributed by atoms with Crippen molar-refractivity contribution in [3.05, 3.63) is 35.9 Å². The first-order chi connectivity index (χ1) is 5.58. The van der Waals surface area contributed by atoms with Gasteiger partial charge in [0, 0.05) is 0 Å². The van der Waals surface area contributed by atoms with Crippen molar-refractivity contribution in [2.24, 2.45) is 0 Å². The Morgan fingerprint density at radius 3 is 2.33 bits per heavy atom. The monoisotopic (exact) mass is 244 g/mol. The number of benzene rings is 1. The van der Waals surface area contributed by atoms with Crippen LogP contribution in [0.1, 0.15) is 5.56 Å². The zero-order valence-corrected chi connectivity index (χ0v) is 9.97. The van der Waals surface area contributed by atoms with Crippen LogP contribution in [-0.2, 0) is 11.0 Å². The van der Waals surface area contributed by atoms with Crippen LogP contribution in [0.15, 0.2) is 30.3 Å². The Labute approximate surface area is 82.5 Å². The highest BCUT2D eigenvalue weighted by Gasteiger charge is 2.16. The molecule has 66 valence electrons. The molecule has 1 aromatic rings. The van der Waals surface area contributed by atoms with Gasteiger partial charge in [-0.2, -0.15) is 0 Å². The van der Waals surface area contributed by atoms with Crippen LogP contribution < -0.4 is 0 Å². The van der Waals surface area contributed by atoms with Crippen molar-refractivity contribution in [3.8, 4) is 0 Å². The van der Waals surface area contributed by atoms with Gasteiger partial charge in [-0.25, -0.2) is 0 Å². The molecule has 12 heavy (non-hydrogen) atoms. The van der Waals surface area contributed by atoms with E-state index in [1.165, 1.54) is 5.56 Å². The maximum atomic E-state index is 5.67. The molecule has 0 aromatic heterocycles. The van der Waals surface area contributed by atoms with E-state index >= 15 is 0 Å². The zero-order chi connectivity index (χ0) is 9.03. The molecule has 0 spiro atoms. The van der Waals surface area contributed by atoms with Gasteiger partial charge < -0.3 is 4.43 Å². The van der Waals surface area contributed by atoms with Gasteiger partial charge in [0.1, 0.15) is 0 Å². The van der Waals surface area contributed by atoms with E-state index in [0.717, 1.165) is 0 Å². The predicted octanol–water partition coefficient (Wildman–Crippen LogP) is 3.30. The minimum atomic E-state index is -1.53. The molecule has 0 saturated carbocycles. The Hall–Kier alpha value is -0.123. The van der Waals surface area contributed by atoms with E-state index in [9.17, 15) is 0 Å². The quantitative estimate of drug-likeness (QED) is 0.586. The lowest BCUT2D eigenvalue weighted by molar-refractivity contribution is 0.310. The van der Waals surface area contributed by atoms with Gasteiger partial charge in [0.15, 0.2) is 0 Å². The smallest absolute Gasteiger partial charge is 0.257 e. The van der Waals surface area contributed by atoms with Crippen molar-refractivity contribution in [2.75, 3.05) is 0 Å². The third-order valence-corrected chi connectivity index (χ3v) is 2.94. The van der Waals surface area contributed by atoms with E-state index in [2.05, 4.69) is 40.5 Å². The van der Waals surface area contributed by atoms with Gasteiger partial charge in [-0.1, -0.05) is 45.6 Å². The van der Waals surface area contributed by atoms with Crippen LogP contribution in [0.2, 0.25) is 13.1 Å². The lowest BCUT2D eigenvalue weighted by Gasteiger charge is -2.14. The summed E-state index contributed by atoms with van der Waals surface area (Å²) < 4.78 is 5.67. The van der Waals surface area contributed by atoms with Gasteiger partial charge in [0.25, 0.3) is 6.94 Å². The Morgan fingerprint density at radius 1 is 1.25 bits per heavy atom. The molecule has 0 amide bonds. The van der Waals surface area contributed by atoms with Crippen LogP contribution >= 0.6 is 15.3 Å². The first kappa shape index (κ1) is 9.96. The van der Waals surface area contributed by atoms with Gasteiger partial charge >= 0.3 is 0 Å². The Morgan fingerprint density at radius 2 is 1.83 bits per heavy atom. The summed E-state index contributed by atoms with van der Waals surface area (Å²) in [6.45, 7) is 3.43. The largest absolute Gasteiger partial charge is 0.402 e. The summed E-state index contributed by atoms with van der Waals surface area (Å²) in [6.07, 6.45) is 0. The highest BCUT2D eigenvalue weighted by molar-refractivity contribution is 9.25. The summed E-state index contributed by atoms with van der Waals surface area (Å²) in [6, 6.07) is 10.2. The van der Waals surface area contributed by atoms with Gasteiger partial charge in [-0.3, -0.25) is 0 Å². The van der Waals surface area contributed by atoms with E-state index in [0.29, 0.717) is 6.61 Å². The molecule has 0 heterocycles. The van der Waals surface area contributed by atoms with Crippen LogP contribution in [0.4, 0.5) is 0 Å². The second kappa shape index (κ2) is 4.21. The van der Waals surface area contributed by atoms with Crippen molar-refractivity contribution in [3.63, 3.8) is 0 Å². The lowest BCUT2D eigenvalue weighted by atomic mass is 10.2. The van der Waals surface area contributed by atoms with Gasteiger partial charge in [0.05, 0.1) is 6.61 Å². The van der Waals surface area contributed by atoms with Crippen molar-refractivity contribution in [2.45, 2.75) is 19.7 Å². The third kappa shape index (κ3) is 4.04. The second-order valence-electron chi connectivity index (χ2n) is 3.14. The average Bonchev–Trinajstić information content (AvgIpc) is 2.02. The summed E-state index contributed by atoms with van der Waals surface area (Å²) in [5.74, 6) is 0. The molecular weight excluding hydrogens is 232 g/mol. The third-order valence-electron chi connectivity index (χ3n) is 1.42. The summed E-state index contributed by atoms with van der Waals surface area (Å²) in [7, 11) is 0. The molecule has 1 nitrogen and oxygen atoms in total. The fraction of sp³-hybridized carbons (Fsp3) is 0.333. The van der Waals surface area contributed by atoms with Crippen LogP contribution in [0.3, 0.4) is 0 Å². The van der Waals surface area contributed by atoms with Crippen molar-refractivity contribution >= 4 is 22.2 Å². The van der Waals surface area contributed by atoms with Crippen molar-refractivity contribution < 1.29 is 4.43 Å². The Balaban J connectivity index is 2.44. The van der Waals surface area contributed by atoms with E-state index in [4.69, 9.17) is 4.43 Å². The van der Waals surface area contributed by atoms with Crippen LogP contribution in [0.5, 0.6) is 0 Å². The summed E-state index contributed by atoms with van der Waals surface area (Å²) in [5.41, 5.74) is 1.23. The fourth-order valence-corrected chi connectivity index (χ4v) is 1.68. The van der Waals surface area contributed by atoms with Crippen LogP contribution in [0, 0.1) is 0 Å². The molecule has 0 bridgehead atoms. The van der Waals surface area contributed by atoms with Gasteiger partial charge in [-0.15, -0.1) is 0 Å². The summed E-state index contributed by atoms with van der Waals surface area (Å²) in [5, 5.41) is 0. The van der Waals surface area contributed by atoms with E-state index in [1.807, 2.05) is 18.2 Å². The molecule has 0 fully saturated rings. The number of rotatable bonds is 3. The van der Waals surface area contributed by atoms with Gasteiger partial charge in [0.2, 0.25) is 0 Å². The maximum absolute atomic E-state index is 5.67. The molecule has 0 aliphatic heterocycles. The minimum absolute atomic E-state index is 0.714. The SMILES string of the molecule is C[Si](C)(Br)OCc1ccccc1. The number of hydrogen-bond acceptors (Lipinski definition) is 1. The second-order valence-corrected chi connectivity index (χ2v) is 11.9. The summed E-state index contributed by atoms with van der Waals surface area (Å²) in [4.78, 5) is 0. The molecular formula is C9H13BrOSi. The van der Waals surface area contributed by atoms with Crippen LogP contribution in [-0.4, -0.2) is 6.94 Å².